The number of hydrogen-bond donors (Lipinski definition) is 0. The average Bonchev–Trinajstić information content (AvgIpc) is 2.37. The van der Waals surface area contributed by atoms with Gasteiger partial charge in [-0.25, -0.2) is 0 Å². The minimum Gasteiger partial charge on any atom is -0.466 e. The number of benzene rings is 1. The molecule has 0 radical (unpaired) electrons. The molecule has 0 aliphatic carbocycles. The van der Waals surface area contributed by atoms with Crippen molar-refractivity contribution in [2.75, 3.05) is 6.61 Å². The van der Waals surface area contributed by atoms with Gasteiger partial charge in [-0.15, -0.1) is 0 Å². The van der Waals surface area contributed by atoms with E-state index in [2.05, 4.69) is 6.58 Å². The fraction of sp³-hybridized carbons (Fsp3) is 0.333. The first-order valence-corrected chi connectivity index (χ1v) is 6.06. The molecule has 1 rings (SSSR count). The Kier molecular flexibility index (Phi) is 5.79. The fourth-order valence-electron chi connectivity index (χ4n) is 1.69. The number of esters is 2. The van der Waals surface area contributed by atoms with Gasteiger partial charge in [0.05, 0.1) is 6.61 Å². The predicted molar refractivity (Wildman–Crippen MR) is 72.3 cm³/mol. The molecule has 0 N–H and O–H groups in total. The molecule has 1 atom stereocenters. The van der Waals surface area contributed by atoms with Gasteiger partial charge in [-0.2, -0.15) is 0 Å². The maximum atomic E-state index is 11.1. The van der Waals surface area contributed by atoms with Gasteiger partial charge in [0.25, 0.3) is 0 Å². The number of carbonyl (C=O) groups is 2. The minimum absolute atomic E-state index is 0.214. The second-order valence-corrected chi connectivity index (χ2v) is 4.10. The van der Waals surface area contributed by atoms with Crippen molar-refractivity contribution in [1.82, 2.24) is 0 Å². The molecule has 0 saturated heterocycles. The Morgan fingerprint density at radius 3 is 2.63 bits per heavy atom. The van der Waals surface area contributed by atoms with Crippen LogP contribution in [0.15, 0.2) is 30.8 Å². The van der Waals surface area contributed by atoms with Gasteiger partial charge in [-0.05, 0) is 17.2 Å². The Morgan fingerprint density at radius 2 is 2.05 bits per heavy atom. The van der Waals surface area contributed by atoms with Crippen LogP contribution in [0.5, 0.6) is 0 Å². The molecule has 1 aromatic rings. The third-order valence-electron chi connectivity index (χ3n) is 2.51. The van der Waals surface area contributed by atoms with Crippen molar-refractivity contribution in [1.29, 1.82) is 0 Å². The van der Waals surface area contributed by atoms with Crippen LogP contribution >= 0.6 is 0 Å². The first-order chi connectivity index (χ1) is 9.02. The Hall–Kier alpha value is -2.10. The normalized spacial score (nSPS) is 11.5. The molecule has 0 heterocycles. The zero-order valence-electron chi connectivity index (χ0n) is 11.2. The highest BCUT2D eigenvalue weighted by Crippen LogP contribution is 2.23. The summed E-state index contributed by atoms with van der Waals surface area (Å²) in [6.07, 6.45) is 1.73. The van der Waals surface area contributed by atoms with Gasteiger partial charge >= 0.3 is 11.9 Å². The van der Waals surface area contributed by atoms with Gasteiger partial charge in [0.1, 0.15) is 6.10 Å². The zero-order chi connectivity index (χ0) is 14.3. The molecule has 0 saturated carbocycles. The number of carbonyl (C=O) groups excluding carboxylic acids is 2. The van der Waals surface area contributed by atoms with E-state index in [1.165, 1.54) is 13.8 Å². The molecule has 0 aromatic heterocycles. The van der Waals surface area contributed by atoms with Crippen LogP contribution in [-0.4, -0.2) is 18.5 Å². The fourth-order valence-corrected chi connectivity index (χ4v) is 1.69. The zero-order valence-corrected chi connectivity index (χ0v) is 11.2. The molecule has 4 nitrogen and oxygen atoms in total. The number of rotatable bonds is 6. The van der Waals surface area contributed by atoms with E-state index >= 15 is 0 Å². The monoisotopic (exact) mass is 262 g/mol. The van der Waals surface area contributed by atoms with Crippen LogP contribution in [0.1, 0.15) is 37.5 Å². The second-order valence-electron chi connectivity index (χ2n) is 4.10. The lowest BCUT2D eigenvalue weighted by Crippen LogP contribution is -2.12. The van der Waals surface area contributed by atoms with Gasteiger partial charge in [-0.3, -0.25) is 9.59 Å². The second kappa shape index (κ2) is 7.36. The summed E-state index contributed by atoms with van der Waals surface area (Å²) < 4.78 is 10.1. The molecular formula is C15H18O4. The summed E-state index contributed by atoms with van der Waals surface area (Å²) in [4.78, 5) is 21.9. The van der Waals surface area contributed by atoms with Crippen molar-refractivity contribution in [2.45, 2.75) is 26.4 Å². The summed E-state index contributed by atoms with van der Waals surface area (Å²) >= 11 is 0. The van der Waals surface area contributed by atoms with Crippen molar-refractivity contribution in [3.63, 3.8) is 0 Å². The lowest BCUT2D eigenvalue weighted by molar-refractivity contribution is -0.149. The average molecular weight is 262 g/mol. The van der Waals surface area contributed by atoms with E-state index in [4.69, 9.17) is 9.47 Å². The van der Waals surface area contributed by atoms with Crippen LogP contribution in [0.2, 0.25) is 0 Å². The van der Waals surface area contributed by atoms with E-state index < -0.39 is 6.10 Å². The molecule has 4 heteroatoms. The highest BCUT2D eigenvalue weighted by atomic mass is 16.6. The highest BCUT2D eigenvalue weighted by Gasteiger charge is 2.15. The van der Waals surface area contributed by atoms with Gasteiger partial charge in [0.15, 0.2) is 0 Å². The SMILES string of the molecule is C=Cc1cccc(C(CCOC(C)=O)OC(C)=O)c1. The Morgan fingerprint density at radius 1 is 1.32 bits per heavy atom. The lowest BCUT2D eigenvalue weighted by Gasteiger charge is -2.17. The summed E-state index contributed by atoms with van der Waals surface area (Å²) in [6, 6.07) is 7.55. The van der Waals surface area contributed by atoms with E-state index in [1.54, 1.807) is 6.08 Å². The quantitative estimate of drug-likeness (QED) is 0.740. The minimum atomic E-state index is -0.420. The summed E-state index contributed by atoms with van der Waals surface area (Å²) in [7, 11) is 0. The topological polar surface area (TPSA) is 52.6 Å². The maximum Gasteiger partial charge on any atom is 0.303 e. The molecule has 0 aliphatic heterocycles. The molecule has 1 aromatic carbocycles. The van der Waals surface area contributed by atoms with Gasteiger partial charge in [0, 0.05) is 20.3 Å². The Bertz CT molecular complexity index is 465. The molecule has 19 heavy (non-hydrogen) atoms. The van der Waals surface area contributed by atoms with E-state index in [9.17, 15) is 9.59 Å². The standard InChI is InChI=1S/C15H18O4/c1-4-13-6-5-7-14(10-13)15(19-12(3)17)8-9-18-11(2)16/h4-7,10,15H,1,8-9H2,2-3H3. The lowest BCUT2D eigenvalue weighted by atomic mass is 10.0. The van der Waals surface area contributed by atoms with E-state index in [0.29, 0.717) is 6.42 Å². The molecule has 0 fully saturated rings. The number of hydrogen-bond acceptors (Lipinski definition) is 4. The largest absolute Gasteiger partial charge is 0.466 e. The highest BCUT2D eigenvalue weighted by molar-refractivity contribution is 5.66. The van der Waals surface area contributed by atoms with E-state index in [0.717, 1.165) is 11.1 Å². The van der Waals surface area contributed by atoms with E-state index in [-0.39, 0.29) is 18.5 Å². The summed E-state index contributed by atoms with van der Waals surface area (Å²) in [5, 5.41) is 0. The van der Waals surface area contributed by atoms with Gasteiger partial charge < -0.3 is 9.47 Å². The molecule has 0 spiro atoms. The third-order valence-corrected chi connectivity index (χ3v) is 2.51. The predicted octanol–water partition coefficient (Wildman–Crippen LogP) is 2.89. The molecule has 0 bridgehead atoms. The van der Waals surface area contributed by atoms with Crippen LogP contribution < -0.4 is 0 Å². The maximum absolute atomic E-state index is 11.1. The Labute approximate surface area is 113 Å². The first kappa shape index (κ1) is 15.0. The molecule has 0 aliphatic rings. The van der Waals surface area contributed by atoms with E-state index in [1.807, 2.05) is 24.3 Å². The Balaban J connectivity index is 2.79. The first-order valence-electron chi connectivity index (χ1n) is 6.06. The van der Waals surface area contributed by atoms with Crippen LogP contribution in [0.4, 0.5) is 0 Å². The summed E-state index contributed by atoms with van der Waals surface area (Å²) in [5.74, 6) is -0.710. The van der Waals surface area contributed by atoms with Crippen LogP contribution in [-0.2, 0) is 19.1 Å². The third kappa shape index (κ3) is 5.38. The summed E-state index contributed by atoms with van der Waals surface area (Å²) in [6.45, 7) is 6.62. The van der Waals surface area contributed by atoms with Crippen molar-refractivity contribution >= 4 is 18.0 Å². The summed E-state index contributed by atoms with van der Waals surface area (Å²) in [5.41, 5.74) is 1.81. The molecule has 0 amide bonds. The molecule has 102 valence electrons. The van der Waals surface area contributed by atoms with Crippen LogP contribution in [0.25, 0.3) is 6.08 Å². The smallest absolute Gasteiger partial charge is 0.303 e. The van der Waals surface area contributed by atoms with Crippen molar-refractivity contribution in [3.8, 4) is 0 Å². The van der Waals surface area contributed by atoms with Crippen molar-refractivity contribution in [2.24, 2.45) is 0 Å². The van der Waals surface area contributed by atoms with Gasteiger partial charge in [-0.1, -0.05) is 30.9 Å². The van der Waals surface area contributed by atoms with Crippen molar-refractivity contribution in [3.05, 3.63) is 42.0 Å². The van der Waals surface area contributed by atoms with Crippen LogP contribution in [0.3, 0.4) is 0 Å². The van der Waals surface area contributed by atoms with Crippen molar-refractivity contribution < 1.29 is 19.1 Å². The van der Waals surface area contributed by atoms with Gasteiger partial charge in [0.2, 0.25) is 0 Å². The number of ether oxygens (including phenoxy) is 2. The molecular weight excluding hydrogens is 244 g/mol. The molecule has 1 unspecified atom stereocenters. The van der Waals surface area contributed by atoms with Crippen LogP contribution in [0, 0.1) is 0 Å².